The van der Waals surface area contributed by atoms with Gasteiger partial charge in [0.1, 0.15) is 0 Å². The van der Waals surface area contributed by atoms with Gasteiger partial charge in [0.25, 0.3) is 0 Å². The molecule has 2 fully saturated rings. The van der Waals surface area contributed by atoms with E-state index in [1.807, 2.05) is 6.08 Å². The van der Waals surface area contributed by atoms with Gasteiger partial charge < -0.3 is 0 Å². The maximum Gasteiger partial charge on any atom is 0.162 e. The third kappa shape index (κ3) is 0.920. The van der Waals surface area contributed by atoms with E-state index in [1.54, 1.807) is 0 Å². The molecule has 6 atom stereocenters. The van der Waals surface area contributed by atoms with Crippen LogP contribution in [0.2, 0.25) is 0 Å². The van der Waals surface area contributed by atoms with Crippen LogP contribution in [0.5, 0.6) is 0 Å². The number of rotatable bonds is 0. The van der Waals surface area contributed by atoms with E-state index < -0.39 is 0 Å². The van der Waals surface area contributed by atoms with E-state index in [2.05, 4.69) is 18.2 Å². The van der Waals surface area contributed by atoms with Crippen molar-refractivity contribution in [2.45, 2.75) is 19.3 Å². The lowest BCUT2D eigenvalue weighted by molar-refractivity contribution is -0.119. The summed E-state index contributed by atoms with van der Waals surface area (Å²) in [5.41, 5.74) is 0. The molecule has 15 heavy (non-hydrogen) atoms. The summed E-state index contributed by atoms with van der Waals surface area (Å²) >= 11 is 0. The van der Waals surface area contributed by atoms with Crippen LogP contribution in [-0.2, 0) is 4.79 Å². The largest absolute Gasteiger partial charge is 0.294 e. The average Bonchev–Trinajstić information content (AvgIpc) is 2.79. The van der Waals surface area contributed by atoms with Crippen LogP contribution in [0.4, 0.5) is 0 Å². The van der Waals surface area contributed by atoms with E-state index >= 15 is 0 Å². The van der Waals surface area contributed by atoms with E-state index in [9.17, 15) is 4.79 Å². The quantitative estimate of drug-likeness (QED) is 0.549. The fourth-order valence-corrected chi connectivity index (χ4v) is 4.78. The van der Waals surface area contributed by atoms with Crippen LogP contribution >= 0.6 is 0 Å². The number of carbonyl (C=O) groups excluding carboxylic acids is 1. The zero-order chi connectivity index (χ0) is 9.99. The van der Waals surface area contributed by atoms with E-state index in [0.29, 0.717) is 17.6 Å². The molecule has 5 aliphatic carbocycles. The first-order valence-corrected chi connectivity index (χ1v) is 6.25. The SMILES string of the molecule is O=C1C=CC2C=CC1C1C3CCC(C3)C21. The molecule has 1 heteroatoms. The summed E-state index contributed by atoms with van der Waals surface area (Å²) in [5.74, 6) is 4.47. The Balaban J connectivity index is 1.85. The Kier molecular flexibility index (Phi) is 1.46. The highest BCUT2D eigenvalue weighted by Gasteiger charge is 2.54. The summed E-state index contributed by atoms with van der Waals surface area (Å²) in [4.78, 5) is 12.0. The first kappa shape index (κ1) is 8.32. The van der Waals surface area contributed by atoms with Gasteiger partial charge >= 0.3 is 0 Å². The molecule has 0 amide bonds. The van der Waals surface area contributed by atoms with E-state index in [-0.39, 0.29) is 5.92 Å². The van der Waals surface area contributed by atoms with Gasteiger partial charge in [-0.2, -0.15) is 0 Å². The smallest absolute Gasteiger partial charge is 0.162 e. The lowest BCUT2D eigenvalue weighted by Gasteiger charge is -2.39. The molecule has 0 saturated heterocycles. The Labute approximate surface area is 90.2 Å². The monoisotopic (exact) mass is 200 g/mol. The summed E-state index contributed by atoms with van der Waals surface area (Å²) in [6, 6.07) is 0. The maximum absolute atomic E-state index is 12.0. The summed E-state index contributed by atoms with van der Waals surface area (Å²) < 4.78 is 0. The third-order valence-corrected chi connectivity index (χ3v) is 5.26. The normalized spacial score (nSPS) is 54.8. The molecule has 0 spiro atoms. The molecule has 5 rings (SSSR count). The number of hydrogen-bond donors (Lipinski definition) is 0. The van der Waals surface area contributed by atoms with Gasteiger partial charge in [-0.15, -0.1) is 0 Å². The molecular weight excluding hydrogens is 184 g/mol. The Morgan fingerprint density at radius 3 is 2.67 bits per heavy atom. The Morgan fingerprint density at radius 1 is 1.00 bits per heavy atom. The molecule has 0 aromatic heterocycles. The molecule has 0 radical (unpaired) electrons. The van der Waals surface area contributed by atoms with Crippen LogP contribution in [0.3, 0.4) is 0 Å². The zero-order valence-electron chi connectivity index (χ0n) is 8.80. The molecular formula is C14H16O. The Morgan fingerprint density at radius 2 is 1.80 bits per heavy atom. The molecule has 1 nitrogen and oxygen atoms in total. The second-order valence-electron chi connectivity index (χ2n) is 5.74. The molecule has 78 valence electrons. The number of fused-ring (bicyclic) bond motifs is 3. The average molecular weight is 200 g/mol. The predicted octanol–water partition coefficient (Wildman–Crippen LogP) is 2.59. The molecule has 2 saturated carbocycles. The Hall–Kier alpha value is -0.850. The van der Waals surface area contributed by atoms with Crippen molar-refractivity contribution in [3.05, 3.63) is 24.3 Å². The molecule has 0 N–H and O–H groups in total. The lowest BCUT2D eigenvalue weighted by Crippen LogP contribution is -2.36. The van der Waals surface area contributed by atoms with Gasteiger partial charge in [-0.05, 0) is 54.9 Å². The van der Waals surface area contributed by atoms with E-state index in [1.165, 1.54) is 19.3 Å². The molecule has 6 unspecified atom stereocenters. The zero-order valence-corrected chi connectivity index (χ0v) is 8.80. The van der Waals surface area contributed by atoms with Gasteiger partial charge in [0.15, 0.2) is 5.78 Å². The number of carbonyl (C=O) groups is 1. The standard InChI is InChI=1S/C14H16O/c15-12-6-4-8-3-5-11(12)14-10-2-1-9(7-10)13(8)14/h3-6,8-11,13-14H,1-2,7H2. The van der Waals surface area contributed by atoms with Crippen molar-refractivity contribution in [1.82, 2.24) is 0 Å². The highest BCUT2D eigenvalue weighted by atomic mass is 16.1. The van der Waals surface area contributed by atoms with Crippen LogP contribution in [0.1, 0.15) is 19.3 Å². The first-order valence-electron chi connectivity index (χ1n) is 6.25. The van der Waals surface area contributed by atoms with Crippen molar-refractivity contribution < 1.29 is 4.79 Å². The molecule has 0 aromatic carbocycles. The van der Waals surface area contributed by atoms with Crippen LogP contribution < -0.4 is 0 Å². The van der Waals surface area contributed by atoms with Crippen LogP contribution in [-0.4, -0.2) is 5.78 Å². The first-order chi connectivity index (χ1) is 7.34. The van der Waals surface area contributed by atoms with Gasteiger partial charge in [-0.3, -0.25) is 4.79 Å². The minimum Gasteiger partial charge on any atom is -0.294 e. The topological polar surface area (TPSA) is 17.1 Å². The number of hydrogen-bond acceptors (Lipinski definition) is 1. The van der Waals surface area contributed by atoms with Crippen LogP contribution in [0.15, 0.2) is 24.3 Å². The van der Waals surface area contributed by atoms with Crippen LogP contribution in [0.25, 0.3) is 0 Å². The van der Waals surface area contributed by atoms with E-state index in [4.69, 9.17) is 0 Å². The van der Waals surface area contributed by atoms with Crippen LogP contribution in [0, 0.1) is 35.5 Å². The number of ketones is 1. The minimum atomic E-state index is 0.236. The van der Waals surface area contributed by atoms with Gasteiger partial charge in [0.05, 0.1) is 0 Å². The summed E-state index contributed by atoms with van der Waals surface area (Å²) in [6.45, 7) is 0. The molecule has 0 heterocycles. The van der Waals surface area contributed by atoms with Crippen molar-refractivity contribution in [3.63, 3.8) is 0 Å². The minimum absolute atomic E-state index is 0.236. The predicted molar refractivity (Wildman–Crippen MR) is 58.1 cm³/mol. The van der Waals surface area contributed by atoms with Crippen molar-refractivity contribution in [2.24, 2.45) is 35.5 Å². The molecule has 5 aliphatic rings. The maximum atomic E-state index is 12.0. The van der Waals surface area contributed by atoms with Crippen molar-refractivity contribution >= 4 is 5.78 Å². The summed E-state index contributed by atoms with van der Waals surface area (Å²) in [7, 11) is 0. The van der Waals surface area contributed by atoms with Crippen molar-refractivity contribution in [3.8, 4) is 0 Å². The highest BCUT2D eigenvalue weighted by Crippen LogP contribution is 2.60. The third-order valence-electron chi connectivity index (χ3n) is 5.26. The second kappa shape index (κ2) is 2.63. The highest BCUT2D eigenvalue weighted by molar-refractivity contribution is 5.94. The van der Waals surface area contributed by atoms with Gasteiger partial charge in [0.2, 0.25) is 0 Å². The van der Waals surface area contributed by atoms with Gasteiger partial charge in [-0.1, -0.05) is 18.2 Å². The van der Waals surface area contributed by atoms with Crippen molar-refractivity contribution in [2.75, 3.05) is 0 Å². The summed E-state index contributed by atoms with van der Waals surface area (Å²) in [6.07, 6.45) is 12.7. The number of allylic oxidation sites excluding steroid dienone is 4. The van der Waals surface area contributed by atoms with Gasteiger partial charge in [0, 0.05) is 5.92 Å². The Bertz CT molecular complexity index is 379. The molecule has 0 aliphatic heterocycles. The fourth-order valence-electron chi connectivity index (χ4n) is 4.78. The van der Waals surface area contributed by atoms with E-state index in [0.717, 1.165) is 17.8 Å². The fraction of sp³-hybridized carbons (Fsp3) is 0.643. The van der Waals surface area contributed by atoms with Crippen molar-refractivity contribution in [1.29, 1.82) is 0 Å². The van der Waals surface area contributed by atoms with Gasteiger partial charge in [-0.25, -0.2) is 0 Å². The second-order valence-corrected chi connectivity index (χ2v) is 5.74. The summed E-state index contributed by atoms with van der Waals surface area (Å²) in [5, 5.41) is 0. The lowest BCUT2D eigenvalue weighted by atomic mass is 9.65. The molecule has 4 bridgehead atoms. The molecule has 0 aromatic rings.